The fourth-order valence-corrected chi connectivity index (χ4v) is 5.70. The van der Waals surface area contributed by atoms with Gasteiger partial charge in [0.25, 0.3) is 0 Å². The molecule has 3 heterocycles. The lowest BCUT2D eigenvalue weighted by atomic mass is 10.00. The van der Waals surface area contributed by atoms with E-state index in [2.05, 4.69) is 65.5 Å². The van der Waals surface area contributed by atoms with Gasteiger partial charge in [0.1, 0.15) is 5.82 Å². The molecule has 2 amide bonds. The van der Waals surface area contributed by atoms with Gasteiger partial charge in [0, 0.05) is 22.3 Å². The fourth-order valence-electron chi connectivity index (χ4n) is 5.24. The maximum atomic E-state index is 14.1. The molecular formula is C31H29N5OS. The Labute approximate surface area is 226 Å². The largest absolute Gasteiger partial charge is 0.322 e. The molecule has 1 aliphatic heterocycles. The van der Waals surface area contributed by atoms with Crippen LogP contribution in [0.2, 0.25) is 0 Å². The van der Waals surface area contributed by atoms with Gasteiger partial charge in [-0.1, -0.05) is 54.1 Å². The highest BCUT2D eigenvalue weighted by atomic mass is 32.2. The van der Waals surface area contributed by atoms with Gasteiger partial charge in [0.2, 0.25) is 0 Å². The van der Waals surface area contributed by atoms with Crippen LogP contribution in [-0.2, 0) is 6.54 Å². The van der Waals surface area contributed by atoms with Crippen LogP contribution in [0.15, 0.2) is 102 Å². The molecule has 0 unspecified atom stereocenters. The molecule has 0 bridgehead atoms. The van der Waals surface area contributed by atoms with Crippen LogP contribution in [-0.4, -0.2) is 31.5 Å². The quantitative estimate of drug-likeness (QED) is 0.257. The third-order valence-electron chi connectivity index (χ3n) is 7.03. The Morgan fingerprint density at radius 3 is 2.55 bits per heavy atom. The number of para-hydroxylation sites is 1. The Hall–Kier alpha value is -4.23. The summed E-state index contributed by atoms with van der Waals surface area (Å²) in [5.74, 6) is 0.964. The molecule has 5 aromatic rings. The first-order valence-corrected chi connectivity index (χ1v) is 13.9. The Bertz CT molecular complexity index is 1620. The number of anilines is 1. The summed E-state index contributed by atoms with van der Waals surface area (Å²) in [7, 11) is 0. The third kappa shape index (κ3) is 4.29. The molecule has 2 aromatic heterocycles. The second kappa shape index (κ2) is 9.91. The number of rotatable bonds is 4. The fraction of sp³-hybridized carbons (Fsp3) is 0.161. The van der Waals surface area contributed by atoms with Crippen molar-refractivity contribution in [3.63, 3.8) is 0 Å². The van der Waals surface area contributed by atoms with Crippen molar-refractivity contribution in [2.24, 2.45) is 0 Å². The van der Waals surface area contributed by atoms with Crippen molar-refractivity contribution in [1.82, 2.24) is 19.2 Å². The highest BCUT2D eigenvalue weighted by Crippen LogP contribution is 2.39. The first-order valence-electron chi connectivity index (χ1n) is 12.6. The predicted octanol–water partition coefficient (Wildman–Crippen LogP) is 7.14. The summed E-state index contributed by atoms with van der Waals surface area (Å²) >= 11 is 1.65. The van der Waals surface area contributed by atoms with Crippen molar-refractivity contribution in [3.8, 4) is 11.5 Å². The van der Waals surface area contributed by atoms with Gasteiger partial charge < -0.3 is 14.8 Å². The normalized spacial score (nSPS) is 14.5. The molecule has 0 fully saturated rings. The van der Waals surface area contributed by atoms with Gasteiger partial charge in [-0.2, -0.15) is 5.10 Å². The molecule has 0 aliphatic carbocycles. The van der Waals surface area contributed by atoms with E-state index in [1.165, 1.54) is 0 Å². The molecular weight excluding hydrogens is 490 g/mol. The summed E-state index contributed by atoms with van der Waals surface area (Å²) in [6.07, 6.45) is 4.10. The summed E-state index contributed by atoms with van der Waals surface area (Å²) in [5, 5.41) is 8.11. The van der Waals surface area contributed by atoms with E-state index in [9.17, 15) is 4.79 Å². The lowest BCUT2D eigenvalue weighted by Gasteiger charge is -2.31. The second-order valence-electron chi connectivity index (χ2n) is 9.54. The summed E-state index contributed by atoms with van der Waals surface area (Å²) < 4.78 is 4.18. The SMILES string of the molecule is CSc1cccc(NC(=O)N2Cc3c(C)nn(-c4ccccc4)c3-n3cccc3[C@@H]2c2cccc(C)c2)c1. The van der Waals surface area contributed by atoms with E-state index in [1.54, 1.807) is 11.8 Å². The number of urea groups is 1. The summed E-state index contributed by atoms with van der Waals surface area (Å²) in [6, 6.07) is 30.3. The Morgan fingerprint density at radius 2 is 1.76 bits per heavy atom. The van der Waals surface area contributed by atoms with Crippen LogP contribution in [0.25, 0.3) is 11.5 Å². The molecule has 0 spiro atoms. The van der Waals surface area contributed by atoms with E-state index >= 15 is 0 Å². The highest BCUT2D eigenvalue weighted by molar-refractivity contribution is 7.98. The maximum absolute atomic E-state index is 14.1. The number of hydrogen-bond donors (Lipinski definition) is 1. The van der Waals surface area contributed by atoms with E-state index in [-0.39, 0.29) is 12.1 Å². The van der Waals surface area contributed by atoms with Crippen molar-refractivity contribution in [2.45, 2.75) is 31.3 Å². The molecule has 1 atom stereocenters. The zero-order valence-corrected chi connectivity index (χ0v) is 22.4. The van der Waals surface area contributed by atoms with Crippen LogP contribution in [0.5, 0.6) is 0 Å². The van der Waals surface area contributed by atoms with Gasteiger partial charge in [-0.15, -0.1) is 11.8 Å². The lowest BCUT2D eigenvalue weighted by Crippen LogP contribution is -2.38. The predicted molar refractivity (Wildman–Crippen MR) is 153 cm³/mol. The number of benzene rings is 3. The molecule has 6 nitrogen and oxygen atoms in total. The number of thioether (sulfide) groups is 1. The molecule has 6 rings (SSSR count). The van der Waals surface area contributed by atoms with E-state index < -0.39 is 0 Å². The van der Waals surface area contributed by atoms with Crippen molar-refractivity contribution in [1.29, 1.82) is 0 Å². The molecule has 0 radical (unpaired) electrons. The number of carbonyl (C=O) groups is 1. The van der Waals surface area contributed by atoms with Crippen LogP contribution in [0, 0.1) is 13.8 Å². The molecule has 190 valence electrons. The Kier molecular flexibility index (Phi) is 6.29. The van der Waals surface area contributed by atoms with Crippen molar-refractivity contribution in [3.05, 3.63) is 125 Å². The molecule has 38 heavy (non-hydrogen) atoms. The number of aromatic nitrogens is 3. The number of aryl methyl sites for hydroxylation is 2. The van der Waals surface area contributed by atoms with E-state index in [0.29, 0.717) is 6.54 Å². The topological polar surface area (TPSA) is 55.1 Å². The molecule has 0 saturated heterocycles. The molecule has 3 aromatic carbocycles. The monoisotopic (exact) mass is 519 g/mol. The second-order valence-corrected chi connectivity index (χ2v) is 10.4. The van der Waals surface area contributed by atoms with Gasteiger partial charge >= 0.3 is 6.03 Å². The maximum Gasteiger partial charge on any atom is 0.322 e. The number of carbonyl (C=O) groups excluding carboxylic acids is 1. The molecule has 1 aliphatic rings. The van der Waals surface area contributed by atoms with Gasteiger partial charge in [0.05, 0.1) is 29.7 Å². The minimum absolute atomic E-state index is 0.151. The molecule has 0 saturated carbocycles. The highest BCUT2D eigenvalue weighted by Gasteiger charge is 2.36. The number of amides is 2. The van der Waals surface area contributed by atoms with Crippen molar-refractivity contribution >= 4 is 23.5 Å². The van der Waals surface area contributed by atoms with Gasteiger partial charge in [-0.25, -0.2) is 9.48 Å². The first-order chi connectivity index (χ1) is 18.5. The number of nitrogens with zero attached hydrogens (tertiary/aromatic N) is 4. The standard InChI is InChI=1S/C31H29N5OS/c1-21-10-7-11-23(18-21)29-28-16-9-17-34(28)30-27(22(2)33-36(30)25-13-5-4-6-14-25)20-35(29)31(37)32-24-12-8-15-26(19-24)38-3/h4-19,29H,20H2,1-3H3,(H,32,37)/t29-/m0/s1. The smallest absolute Gasteiger partial charge is 0.308 e. The zero-order chi connectivity index (χ0) is 26.2. The van der Waals surface area contributed by atoms with E-state index in [1.807, 2.05) is 71.3 Å². The number of hydrogen-bond acceptors (Lipinski definition) is 3. The van der Waals surface area contributed by atoms with Gasteiger partial charge in [-0.3, -0.25) is 0 Å². The third-order valence-corrected chi connectivity index (χ3v) is 7.75. The van der Waals surface area contributed by atoms with E-state index in [4.69, 9.17) is 5.10 Å². The lowest BCUT2D eigenvalue weighted by molar-refractivity contribution is 0.194. The molecule has 1 N–H and O–H groups in total. The number of nitrogens with one attached hydrogen (secondary N) is 1. The minimum atomic E-state index is -0.287. The van der Waals surface area contributed by atoms with Gasteiger partial charge in [0.15, 0.2) is 0 Å². The van der Waals surface area contributed by atoms with Crippen molar-refractivity contribution in [2.75, 3.05) is 11.6 Å². The zero-order valence-electron chi connectivity index (χ0n) is 21.6. The Balaban J connectivity index is 1.52. The van der Waals surface area contributed by atoms with E-state index in [0.717, 1.165) is 50.2 Å². The average Bonchev–Trinajstić information content (AvgIpc) is 3.49. The summed E-state index contributed by atoms with van der Waals surface area (Å²) in [5.41, 5.74) is 6.92. The van der Waals surface area contributed by atoms with Crippen molar-refractivity contribution < 1.29 is 4.79 Å². The first kappa shape index (κ1) is 24.1. The van der Waals surface area contributed by atoms with Gasteiger partial charge in [-0.05, 0) is 68.1 Å². The average molecular weight is 520 g/mol. The van der Waals surface area contributed by atoms with Crippen LogP contribution < -0.4 is 5.32 Å². The number of fused-ring (bicyclic) bond motifs is 3. The van der Waals surface area contributed by atoms with Crippen LogP contribution in [0.1, 0.15) is 34.1 Å². The molecule has 7 heteroatoms. The summed E-state index contributed by atoms with van der Waals surface area (Å²) in [4.78, 5) is 17.1. The van der Waals surface area contributed by atoms with Crippen LogP contribution in [0.4, 0.5) is 10.5 Å². The Morgan fingerprint density at radius 1 is 0.947 bits per heavy atom. The van der Waals surface area contributed by atoms with Crippen LogP contribution >= 0.6 is 11.8 Å². The summed E-state index contributed by atoms with van der Waals surface area (Å²) in [6.45, 7) is 4.53. The minimum Gasteiger partial charge on any atom is -0.308 e. The van der Waals surface area contributed by atoms with Crippen LogP contribution in [0.3, 0.4) is 0 Å².